The fraction of sp³-hybridized carbons (Fsp3) is 0.300. The van der Waals surface area contributed by atoms with Crippen molar-refractivity contribution in [2.24, 2.45) is 0 Å². The second kappa shape index (κ2) is 9.36. The number of ether oxygens (including phenoxy) is 2. The van der Waals surface area contributed by atoms with E-state index in [-0.39, 0.29) is 0 Å². The van der Waals surface area contributed by atoms with Gasteiger partial charge in [0.25, 0.3) is 0 Å². The highest BCUT2D eigenvalue weighted by atomic mass is 16.5. The van der Waals surface area contributed by atoms with Crippen LogP contribution in [0.25, 0.3) is 11.6 Å². The molecule has 0 aliphatic heterocycles. The van der Waals surface area contributed by atoms with Gasteiger partial charge in [0, 0.05) is 6.20 Å². The Kier molecular flexibility index (Phi) is 6.85. The van der Waals surface area contributed by atoms with Crippen molar-refractivity contribution in [3.63, 3.8) is 0 Å². The van der Waals surface area contributed by atoms with E-state index in [0.29, 0.717) is 30.2 Å². The summed E-state index contributed by atoms with van der Waals surface area (Å²) in [5, 5.41) is 9.40. The highest BCUT2D eigenvalue weighted by Crippen LogP contribution is 2.30. The van der Waals surface area contributed by atoms with Crippen LogP contribution in [-0.2, 0) is 0 Å². The fourth-order valence-corrected chi connectivity index (χ4v) is 2.18. The molecular formula is C20H22N2O2. The Morgan fingerprint density at radius 3 is 2.71 bits per heavy atom. The summed E-state index contributed by atoms with van der Waals surface area (Å²) in [4.78, 5) is 4.23. The molecule has 0 saturated carbocycles. The minimum atomic E-state index is 0.512. The van der Waals surface area contributed by atoms with Crippen LogP contribution < -0.4 is 9.47 Å². The van der Waals surface area contributed by atoms with E-state index in [1.807, 2.05) is 43.3 Å². The molecule has 24 heavy (non-hydrogen) atoms. The molecule has 4 nitrogen and oxygen atoms in total. The van der Waals surface area contributed by atoms with E-state index in [1.165, 1.54) is 0 Å². The number of nitriles is 1. The van der Waals surface area contributed by atoms with E-state index in [1.54, 1.807) is 12.3 Å². The third-order valence-corrected chi connectivity index (χ3v) is 3.40. The summed E-state index contributed by atoms with van der Waals surface area (Å²) in [7, 11) is 0. The lowest BCUT2D eigenvalue weighted by atomic mass is 10.1. The number of benzene rings is 1. The number of hydrogen-bond acceptors (Lipinski definition) is 4. The topological polar surface area (TPSA) is 55.1 Å². The van der Waals surface area contributed by atoms with Crippen molar-refractivity contribution in [3.8, 4) is 17.6 Å². The van der Waals surface area contributed by atoms with Gasteiger partial charge < -0.3 is 9.47 Å². The van der Waals surface area contributed by atoms with Crippen LogP contribution in [0, 0.1) is 11.3 Å². The van der Waals surface area contributed by atoms with Crippen molar-refractivity contribution < 1.29 is 9.47 Å². The summed E-state index contributed by atoms with van der Waals surface area (Å²) < 4.78 is 11.5. The van der Waals surface area contributed by atoms with Crippen LogP contribution in [0.2, 0.25) is 0 Å². The fourth-order valence-electron chi connectivity index (χ4n) is 2.18. The van der Waals surface area contributed by atoms with Crippen molar-refractivity contribution in [3.05, 3.63) is 53.9 Å². The molecular weight excluding hydrogens is 300 g/mol. The third kappa shape index (κ3) is 4.85. The Hall–Kier alpha value is -2.80. The van der Waals surface area contributed by atoms with Crippen LogP contribution in [-0.4, -0.2) is 18.2 Å². The van der Waals surface area contributed by atoms with Gasteiger partial charge in [-0.25, -0.2) is 0 Å². The van der Waals surface area contributed by atoms with Crippen LogP contribution in [0.5, 0.6) is 11.5 Å². The van der Waals surface area contributed by atoms with Gasteiger partial charge >= 0.3 is 0 Å². The van der Waals surface area contributed by atoms with Crippen LogP contribution in [0.1, 0.15) is 37.9 Å². The highest BCUT2D eigenvalue weighted by molar-refractivity contribution is 5.88. The van der Waals surface area contributed by atoms with E-state index in [9.17, 15) is 5.26 Å². The summed E-state index contributed by atoms with van der Waals surface area (Å²) >= 11 is 0. The molecule has 124 valence electrons. The molecule has 0 unspecified atom stereocenters. The van der Waals surface area contributed by atoms with Gasteiger partial charge in [-0.3, -0.25) is 4.98 Å². The zero-order chi connectivity index (χ0) is 17.2. The molecule has 0 spiro atoms. The third-order valence-electron chi connectivity index (χ3n) is 3.40. The lowest BCUT2D eigenvalue weighted by Gasteiger charge is -2.12. The minimum Gasteiger partial charge on any atom is -0.490 e. The van der Waals surface area contributed by atoms with E-state index < -0.39 is 0 Å². The molecule has 0 bridgehead atoms. The first-order chi connectivity index (χ1) is 11.8. The van der Waals surface area contributed by atoms with Gasteiger partial charge in [0.1, 0.15) is 6.07 Å². The molecule has 0 amide bonds. The standard InChI is InChI=1S/C20H22N2O2/c1-3-5-12-24-19-10-9-16(14-20(19)23-4-2)13-17(15-21)18-8-6-7-11-22-18/h6-11,13-14H,3-5,12H2,1-2H3. The van der Waals surface area contributed by atoms with Crippen LogP contribution in [0.15, 0.2) is 42.6 Å². The molecule has 0 saturated heterocycles. The largest absolute Gasteiger partial charge is 0.490 e. The van der Waals surface area contributed by atoms with Gasteiger partial charge in [0.2, 0.25) is 0 Å². The van der Waals surface area contributed by atoms with Crippen LogP contribution >= 0.6 is 0 Å². The van der Waals surface area contributed by atoms with E-state index in [0.717, 1.165) is 24.2 Å². The molecule has 0 aliphatic carbocycles. The molecule has 0 N–H and O–H groups in total. The normalized spacial score (nSPS) is 11.0. The SMILES string of the molecule is CCCCOc1ccc(C=C(C#N)c2ccccn2)cc1OCC. The Morgan fingerprint density at radius 1 is 1.17 bits per heavy atom. The first-order valence-electron chi connectivity index (χ1n) is 8.21. The first kappa shape index (κ1) is 17.6. The molecule has 2 aromatic rings. The molecule has 1 aromatic carbocycles. The number of rotatable bonds is 8. The zero-order valence-electron chi connectivity index (χ0n) is 14.2. The van der Waals surface area contributed by atoms with Crippen molar-refractivity contribution >= 4 is 11.6 Å². The Morgan fingerprint density at radius 2 is 2.04 bits per heavy atom. The molecule has 0 fully saturated rings. The van der Waals surface area contributed by atoms with E-state index >= 15 is 0 Å². The lowest BCUT2D eigenvalue weighted by Crippen LogP contribution is -2.00. The number of nitrogens with zero attached hydrogens (tertiary/aromatic N) is 2. The summed E-state index contributed by atoms with van der Waals surface area (Å²) in [5.41, 5.74) is 2.04. The number of hydrogen-bond donors (Lipinski definition) is 0. The monoisotopic (exact) mass is 322 g/mol. The molecule has 0 radical (unpaired) electrons. The van der Waals surface area contributed by atoms with Gasteiger partial charge in [0.15, 0.2) is 11.5 Å². The van der Waals surface area contributed by atoms with Gasteiger partial charge in [-0.05, 0) is 49.2 Å². The summed E-state index contributed by atoms with van der Waals surface area (Å²) in [6.45, 7) is 5.29. The Labute approximate surface area is 143 Å². The number of aromatic nitrogens is 1. The Balaban J connectivity index is 2.28. The summed E-state index contributed by atoms with van der Waals surface area (Å²) in [6, 6.07) is 13.4. The predicted molar refractivity (Wildman–Crippen MR) is 95.7 cm³/mol. The quantitative estimate of drug-likeness (QED) is 0.521. The number of allylic oxidation sites excluding steroid dienone is 1. The maximum atomic E-state index is 9.40. The zero-order valence-corrected chi connectivity index (χ0v) is 14.2. The average Bonchev–Trinajstić information content (AvgIpc) is 2.62. The van der Waals surface area contributed by atoms with Crippen molar-refractivity contribution in [2.75, 3.05) is 13.2 Å². The van der Waals surface area contributed by atoms with E-state index in [4.69, 9.17) is 9.47 Å². The molecule has 4 heteroatoms. The second-order valence-electron chi connectivity index (χ2n) is 5.23. The highest BCUT2D eigenvalue weighted by Gasteiger charge is 2.07. The number of pyridine rings is 1. The average molecular weight is 322 g/mol. The smallest absolute Gasteiger partial charge is 0.161 e. The summed E-state index contributed by atoms with van der Waals surface area (Å²) in [6.07, 6.45) is 5.57. The van der Waals surface area contributed by atoms with Gasteiger partial charge in [-0.1, -0.05) is 25.5 Å². The van der Waals surface area contributed by atoms with Crippen LogP contribution in [0.3, 0.4) is 0 Å². The van der Waals surface area contributed by atoms with E-state index in [2.05, 4.69) is 18.0 Å². The maximum absolute atomic E-state index is 9.40. The van der Waals surface area contributed by atoms with Gasteiger partial charge in [-0.15, -0.1) is 0 Å². The first-order valence-corrected chi connectivity index (χ1v) is 8.21. The second-order valence-corrected chi connectivity index (χ2v) is 5.23. The predicted octanol–water partition coefficient (Wildman–Crippen LogP) is 4.72. The van der Waals surface area contributed by atoms with Crippen molar-refractivity contribution in [1.29, 1.82) is 5.26 Å². The molecule has 0 atom stereocenters. The molecule has 2 rings (SSSR count). The molecule has 1 aromatic heterocycles. The van der Waals surface area contributed by atoms with Crippen molar-refractivity contribution in [1.82, 2.24) is 4.98 Å². The van der Waals surface area contributed by atoms with Crippen LogP contribution in [0.4, 0.5) is 0 Å². The van der Waals surface area contributed by atoms with Gasteiger partial charge in [-0.2, -0.15) is 5.26 Å². The lowest BCUT2D eigenvalue weighted by molar-refractivity contribution is 0.272. The molecule has 0 aliphatic rings. The minimum absolute atomic E-state index is 0.512. The number of unbranched alkanes of at least 4 members (excludes halogenated alkanes) is 1. The molecule has 1 heterocycles. The van der Waals surface area contributed by atoms with Gasteiger partial charge in [0.05, 0.1) is 24.5 Å². The van der Waals surface area contributed by atoms with Crippen molar-refractivity contribution in [2.45, 2.75) is 26.7 Å². The summed E-state index contributed by atoms with van der Waals surface area (Å²) in [5.74, 6) is 1.43. The maximum Gasteiger partial charge on any atom is 0.161 e. The Bertz CT molecular complexity index is 718.